The Morgan fingerprint density at radius 1 is 0.883 bits per heavy atom. The van der Waals surface area contributed by atoms with E-state index in [9.17, 15) is 14.4 Å². The summed E-state index contributed by atoms with van der Waals surface area (Å²) >= 11 is 0. The number of aryl methyl sites for hydroxylation is 2. The topological polar surface area (TPSA) is 121 Å². The van der Waals surface area contributed by atoms with Crippen LogP contribution in [0.3, 0.4) is 0 Å². The highest BCUT2D eigenvalue weighted by atomic mass is 16.5. The van der Waals surface area contributed by atoms with Crippen LogP contribution >= 0.6 is 0 Å². The van der Waals surface area contributed by atoms with Crippen molar-refractivity contribution in [1.82, 2.24) is 25.4 Å². The van der Waals surface area contributed by atoms with Gasteiger partial charge in [0.25, 0.3) is 5.91 Å². The molecular weight excluding hydrogens is 751 g/mol. The molecule has 2 N–H and O–H groups in total. The van der Waals surface area contributed by atoms with Crippen LogP contribution in [0.2, 0.25) is 0 Å². The largest absolute Gasteiger partial charge is 0.354 e. The van der Waals surface area contributed by atoms with E-state index in [4.69, 9.17) is 4.74 Å². The van der Waals surface area contributed by atoms with E-state index in [-0.39, 0.29) is 41.6 Å². The zero-order valence-electron chi connectivity index (χ0n) is 35.2. The van der Waals surface area contributed by atoms with E-state index in [2.05, 4.69) is 77.1 Å². The molecule has 4 unspecified atom stereocenters. The van der Waals surface area contributed by atoms with Crippen LogP contribution in [0.4, 0.5) is 0 Å². The summed E-state index contributed by atoms with van der Waals surface area (Å²) in [5.74, 6) is -0.944. The van der Waals surface area contributed by atoms with Crippen molar-refractivity contribution in [2.45, 2.75) is 128 Å². The zero-order valence-corrected chi connectivity index (χ0v) is 35.2. The van der Waals surface area contributed by atoms with Gasteiger partial charge in [-0.15, -0.1) is 0 Å². The fourth-order valence-electron chi connectivity index (χ4n) is 9.39. The highest BCUT2D eigenvalue weighted by Crippen LogP contribution is 2.44. The van der Waals surface area contributed by atoms with Crippen molar-refractivity contribution in [1.29, 1.82) is 0 Å². The van der Waals surface area contributed by atoms with Crippen molar-refractivity contribution in [2.24, 2.45) is 5.92 Å². The van der Waals surface area contributed by atoms with Crippen molar-refractivity contribution < 1.29 is 23.9 Å². The van der Waals surface area contributed by atoms with Crippen LogP contribution in [0.5, 0.6) is 0 Å². The van der Waals surface area contributed by atoms with Crippen molar-refractivity contribution in [2.75, 3.05) is 0 Å². The molecule has 2 saturated heterocycles. The first-order chi connectivity index (χ1) is 29.1. The van der Waals surface area contributed by atoms with E-state index in [1.54, 1.807) is 16.0 Å². The summed E-state index contributed by atoms with van der Waals surface area (Å²) in [5, 5.41) is 9.47. The van der Waals surface area contributed by atoms with Gasteiger partial charge >= 0.3 is 0 Å². The highest BCUT2D eigenvalue weighted by Gasteiger charge is 2.60. The monoisotopic (exact) mass is 807 g/mol. The van der Waals surface area contributed by atoms with Crippen molar-refractivity contribution in [3.05, 3.63) is 126 Å². The van der Waals surface area contributed by atoms with Crippen LogP contribution in [-0.4, -0.2) is 74.7 Å². The minimum Gasteiger partial charge on any atom is -0.354 e. The number of β-lactam (4-membered cyclic amide) rings is 1. The van der Waals surface area contributed by atoms with Crippen molar-refractivity contribution in [3.63, 3.8) is 0 Å². The van der Waals surface area contributed by atoms with Gasteiger partial charge in [-0.05, 0) is 124 Å². The first kappa shape index (κ1) is 41.1. The van der Waals surface area contributed by atoms with E-state index in [1.165, 1.54) is 0 Å². The molecule has 6 atom stereocenters. The number of fused-ring (bicyclic) bond motifs is 2. The number of carbonyl (C=O) groups is 4. The summed E-state index contributed by atoms with van der Waals surface area (Å²) in [4.78, 5) is 65.5. The molecule has 10 heteroatoms. The number of ether oxygens (including phenoxy) is 1. The standard InChI is InChI=1S/C50H57N5O5/c1-5-43-48(58)55(50(60-43)38-27-32(4)40-18-10-9-15-36(40)30-38)46-42(25-21-34-20-22-35-17-12-26-51-41(35)29-34)54(49(46)59)45(47(57)53-39-23-24-39)37(28-33-13-7-6-8-14-33)16-11-19-44(56)52-31(2)3/h6-10,12-15,17-18,20,22,26-27,29-31,37,39,42-43,45-46,50H,5,11,16,19,21,23-25,28H2,1-4H3,(H,52,56)(H,53,57)/t37-,42?,43?,45?,46-,50?/m0/s1. The summed E-state index contributed by atoms with van der Waals surface area (Å²) < 4.78 is 6.60. The number of pyridine rings is 1. The molecule has 0 bridgehead atoms. The van der Waals surface area contributed by atoms with Gasteiger partial charge in [0.15, 0.2) is 6.23 Å². The molecule has 3 fully saturated rings. The van der Waals surface area contributed by atoms with Gasteiger partial charge in [0.05, 0.1) is 11.6 Å². The Morgan fingerprint density at radius 3 is 2.42 bits per heavy atom. The number of carbonyl (C=O) groups excluding carboxylic acids is 4. The zero-order chi connectivity index (χ0) is 41.9. The molecule has 8 rings (SSSR count). The highest BCUT2D eigenvalue weighted by molar-refractivity contribution is 5.99. The molecule has 3 aliphatic rings. The first-order valence-electron chi connectivity index (χ1n) is 21.9. The Kier molecular flexibility index (Phi) is 12.3. The van der Waals surface area contributed by atoms with Crippen LogP contribution < -0.4 is 10.6 Å². The van der Waals surface area contributed by atoms with E-state index < -0.39 is 30.5 Å². The summed E-state index contributed by atoms with van der Waals surface area (Å²) in [5.41, 5.74) is 4.89. The second-order valence-electron chi connectivity index (χ2n) is 17.3. The van der Waals surface area contributed by atoms with Crippen LogP contribution in [0.15, 0.2) is 103 Å². The fourth-order valence-corrected chi connectivity index (χ4v) is 9.39. The summed E-state index contributed by atoms with van der Waals surface area (Å²) in [6, 6.07) is 30.5. The molecular formula is C50H57N5O5. The average Bonchev–Trinajstić information content (AvgIpc) is 4.00. The second-order valence-corrected chi connectivity index (χ2v) is 17.3. The number of hydrogen-bond donors (Lipinski definition) is 2. The van der Waals surface area contributed by atoms with Gasteiger partial charge in [-0.3, -0.25) is 29.1 Å². The third-order valence-electron chi connectivity index (χ3n) is 12.5. The first-order valence-corrected chi connectivity index (χ1v) is 21.9. The normalized spacial score (nSPS) is 21.4. The van der Waals surface area contributed by atoms with Gasteiger partial charge in [0.1, 0.15) is 18.2 Å². The lowest BCUT2D eigenvalue weighted by molar-refractivity contribution is -0.178. The quantitative estimate of drug-likeness (QED) is 0.0928. The maximum atomic E-state index is 15.3. The smallest absolute Gasteiger partial charge is 0.254 e. The number of amides is 4. The van der Waals surface area contributed by atoms with Gasteiger partial charge in [-0.2, -0.15) is 0 Å². The summed E-state index contributed by atoms with van der Waals surface area (Å²) in [6.07, 6.45) is 5.69. The Bertz CT molecular complexity index is 2360. The van der Waals surface area contributed by atoms with Crippen LogP contribution in [0.1, 0.15) is 94.2 Å². The maximum absolute atomic E-state index is 15.3. The van der Waals surface area contributed by atoms with Gasteiger partial charge in [0, 0.05) is 35.7 Å². The minimum absolute atomic E-state index is 0.0244. The number of hydrogen-bond acceptors (Lipinski definition) is 6. The Balaban J connectivity index is 1.18. The van der Waals surface area contributed by atoms with E-state index in [1.807, 2.05) is 63.2 Å². The number of benzene rings is 4. The molecule has 3 heterocycles. The third-order valence-corrected chi connectivity index (χ3v) is 12.5. The van der Waals surface area contributed by atoms with Gasteiger partial charge in [-0.1, -0.05) is 85.8 Å². The molecule has 4 amide bonds. The van der Waals surface area contributed by atoms with E-state index in [0.717, 1.165) is 56.8 Å². The van der Waals surface area contributed by atoms with E-state index >= 15 is 4.79 Å². The molecule has 1 aliphatic carbocycles. The number of nitrogens with zero attached hydrogens (tertiary/aromatic N) is 3. The predicted molar refractivity (Wildman–Crippen MR) is 234 cm³/mol. The molecule has 1 aromatic heterocycles. The van der Waals surface area contributed by atoms with Crippen LogP contribution in [-0.2, 0) is 36.8 Å². The number of rotatable bonds is 17. The Morgan fingerprint density at radius 2 is 1.65 bits per heavy atom. The van der Waals surface area contributed by atoms with Crippen molar-refractivity contribution >= 4 is 45.3 Å². The third kappa shape index (κ3) is 8.80. The fraction of sp³-hybridized carbons (Fsp3) is 0.420. The minimum atomic E-state index is -0.838. The summed E-state index contributed by atoms with van der Waals surface area (Å²) in [6.45, 7) is 7.88. The Hall–Kier alpha value is -5.61. The number of nitrogens with one attached hydrogen (secondary N) is 2. The van der Waals surface area contributed by atoms with Crippen LogP contribution in [0, 0.1) is 12.8 Å². The van der Waals surface area contributed by atoms with Crippen LogP contribution in [0.25, 0.3) is 21.7 Å². The molecule has 0 radical (unpaired) electrons. The SMILES string of the molecule is CCC1OC(c2cc(C)c3ccccc3c2)N([C@@H]2C(=O)N(C(C(=O)NC3CC3)[C@@H](CCCC(=O)NC(C)C)Cc3ccccc3)C2CCc2ccc3cccnc3c2)C1=O. The lowest BCUT2D eigenvalue weighted by Crippen LogP contribution is -2.76. The molecule has 4 aromatic carbocycles. The molecule has 5 aromatic rings. The average molecular weight is 808 g/mol. The molecule has 10 nitrogen and oxygen atoms in total. The van der Waals surface area contributed by atoms with E-state index in [0.29, 0.717) is 44.9 Å². The molecule has 312 valence electrons. The molecule has 2 aliphatic heterocycles. The van der Waals surface area contributed by atoms with Crippen molar-refractivity contribution in [3.8, 4) is 0 Å². The molecule has 1 saturated carbocycles. The second kappa shape index (κ2) is 17.9. The number of likely N-dealkylation sites (tertiary alicyclic amines) is 1. The van der Waals surface area contributed by atoms with Gasteiger partial charge < -0.3 is 20.3 Å². The lowest BCUT2D eigenvalue weighted by Gasteiger charge is -2.55. The maximum Gasteiger partial charge on any atom is 0.254 e. The summed E-state index contributed by atoms with van der Waals surface area (Å²) in [7, 11) is 0. The van der Waals surface area contributed by atoms with Gasteiger partial charge in [0.2, 0.25) is 17.7 Å². The van der Waals surface area contributed by atoms with Gasteiger partial charge in [-0.25, -0.2) is 0 Å². The molecule has 0 spiro atoms. The number of aromatic nitrogens is 1. The predicted octanol–water partition coefficient (Wildman–Crippen LogP) is 7.75. The lowest BCUT2D eigenvalue weighted by atomic mass is 9.79. The molecule has 60 heavy (non-hydrogen) atoms. The Labute approximate surface area is 353 Å².